The first-order valence-corrected chi connectivity index (χ1v) is 7.39. The number of hydrogen-bond acceptors (Lipinski definition) is 6. The predicted molar refractivity (Wildman–Crippen MR) is 86.2 cm³/mol. The third-order valence-electron chi connectivity index (χ3n) is 2.65. The van der Waals surface area contributed by atoms with E-state index in [2.05, 4.69) is 5.32 Å². The van der Waals surface area contributed by atoms with Crippen molar-refractivity contribution in [3.8, 4) is 6.07 Å². The number of nitrogens with one attached hydrogen (secondary N) is 1. The van der Waals surface area contributed by atoms with E-state index in [0.29, 0.717) is 5.76 Å². The third kappa shape index (κ3) is 6.54. The summed E-state index contributed by atoms with van der Waals surface area (Å²) in [6.45, 7) is 5.56. The Hall–Kier alpha value is -2.79. The average Bonchev–Trinajstić information content (AvgIpc) is 3.00. The van der Waals surface area contributed by atoms with E-state index >= 15 is 0 Å². The number of nitrogens with zero attached hydrogens (tertiary/aromatic N) is 2. The minimum Gasteiger partial charge on any atom is -0.467 e. The summed E-state index contributed by atoms with van der Waals surface area (Å²) in [5.74, 6) is -0.0777. The van der Waals surface area contributed by atoms with Gasteiger partial charge in [0, 0.05) is 19.3 Å². The van der Waals surface area contributed by atoms with E-state index in [1.54, 1.807) is 39.0 Å². The summed E-state index contributed by atoms with van der Waals surface area (Å²) in [6.07, 6.45) is 1.94. The van der Waals surface area contributed by atoms with Crippen molar-refractivity contribution >= 4 is 12.0 Å². The molecule has 24 heavy (non-hydrogen) atoms. The van der Waals surface area contributed by atoms with Crippen molar-refractivity contribution in [3.05, 3.63) is 35.9 Å². The molecular weight excluding hydrogens is 312 g/mol. The third-order valence-corrected chi connectivity index (χ3v) is 2.65. The molecule has 0 saturated heterocycles. The molecule has 1 rings (SSSR count). The van der Waals surface area contributed by atoms with Crippen LogP contribution in [-0.4, -0.2) is 35.6 Å². The van der Waals surface area contributed by atoms with Gasteiger partial charge in [0.05, 0.1) is 12.8 Å². The minimum atomic E-state index is -0.702. The Balaban J connectivity index is 2.81. The van der Waals surface area contributed by atoms with Crippen molar-refractivity contribution in [1.82, 2.24) is 10.2 Å². The second-order valence-corrected chi connectivity index (χ2v) is 5.88. The Kier molecular flexibility index (Phi) is 7.01. The number of ether oxygens (including phenoxy) is 1. The second kappa shape index (κ2) is 8.74. The van der Waals surface area contributed by atoms with Gasteiger partial charge in [-0.05, 0) is 32.9 Å². The van der Waals surface area contributed by atoms with Crippen LogP contribution in [0.25, 0.3) is 0 Å². The van der Waals surface area contributed by atoms with Crippen molar-refractivity contribution in [2.24, 2.45) is 5.73 Å². The molecule has 0 radical (unpaired) electrons. The quantitative estimate of drug-likeness (QED) is 0.600. The first-order valence-electron chi connectivity index (χ1n) is 7.39. The summed E-state index contributed by atoms with van der Waals surface area (Å²) in [7, 11) is 0. The number of carbonyl (C=O) groups is 2. The SMILES string of the molecule is CC(C)(C)OC(=O)N(/C=C(/C#N)C(=O)NCc1ccco1)CCN. The smallest absolute Gasteiger partial charge is 0.414 e. The second-order valence-electron chi connectivity index (χ2n) is 5.88. The van der Waals surface area contributed by atoms with Gasteiger partial charge >= 0.3 is 6.09 Å². The predicted octanol–water partition coefficient (Wildman–Crippen LogP) is 1.50. The molecule has 0 fully saturated rings. The van der Waals surface area contributed by atoms with Gasteiger partial charge in [0.25, 0.3) is 5.91 Å². The zero-order valence-electron chi connectivity index (χ0n) is 14.0. The van der Waals surface area contributed by atoms with Gasteiger partial charge in [0.15, 0.2) is 0 Å². The van der Waals surface area contributed by atoms with Crippen LogP contribution in [0.15, 0.2) is 34.6 Å². The molecule has 3 N–H and O–H groups in total. The molecule has 0 spiro atoms. The fourth-order valence-corrected chi connectivity index (χ4v) is 1.64. The molecule has 8 heteroatoms. The van der Waals surface area contributed by atoms with Crippen LogP contribution in [0.2, 0.25) is 0 Å². The lowest BCUT2D eigenvalue weighted by molar-refractivity contribution is -0.117. The van der Waals surface area contributed by atoms with E-state index in [1.807, 2.05) is 0 Å². The van der Waals surface area contributed by atoms with Crippen LogP contribution < -0.4 is 11.1 Å². The molecule has 130 valence electrons. The molecule has 0 atom stereocenters. The molecule has 0 bridgehead atoms. The standard InChI is InChI=1S/C16H22N4O4/c1-16(2,3)24-15(22)20(7-6-17)11-12(9-18)14(21)19-10-13-5-4-8-23-13/h4-5,8,11H,6-7,10,17H2,1-3H3,(H,19,21)/b12-11-. The van der Waals surface area contributed by atoms with Crippen molar-refractivity contribution < 1.29 is 18.7 Å². The van der Waals surface area contributed by atoms with Gasteiger partial charge in [-0.25, -0.2) is 4.79 Å². The van der Waals surface area contributed by atoms with Gasteiger partial charge in [0.1, 0.15) is 23.0 Å². The van der Waals surface area contributed by atoms with E-state index in [-0.39, 0.29) is 25.2 Å². The number of nitrogens with two attached hydrogens (primary N) is 1. The Morgan fingerprint density at radius 1 is 1.50 bits per heavy atom. The van der Waals surface area contributed by atoms with E-state index < -0.39 is 17.6 Å². The number of amides is 2. The normalized spacial score (nSPS) is 11.5. The molecule has 1 aromatic heterocycles. The van der Waals surface area contributed by atoms with Crippen molar-refractivity contribution in [1.29, 1.82) is 5.26 Å². The lowest BCUT2D eigenvalue weighted by Crippen LogP contribution is -2.37. The summed E-state index contributed by atoms with van der Waals surface area (Å²) < 4.78 is 10.3. The highest BCUT2D eigenvalue weighted by atomic mass is 16.6. The molecule has 0 saturated carbocycles. The summed E-state index contributed by atoms with van der Waals surface area (Å²) in [5, 5.41) is 11.7. The molecule has 8 nitrogen and oxygen atoms in total. The van der Waals surface area contributed by atoms with Crippen LogP contribution in [-0.2, 0) is 16.1 Å². The van der Waals surface area contributed by atoms with Crippen molar-refractivity contribution in [2.75, 3.05) is 13.1 Å². The Morgan fingerprint density at radius 2 is 2.21 bits per heavy atom. The van der Waals surface area contributed by atoms with Crippen LogP contribution in [0.4, 0.5) is 4.79 Å². The molecule has 1 heterocycles. The van der Waals surface area contributed by atoms with E-state index in [4.69, 9.17) is 14.9 Å². The number of nitriles is 1. The van der Waals surface area contributed by atoms with Crippen LogP contribution in [0.1, 0.15) is 26.5 Å². The topological polar surface area (TPSA) is 122 Å². The molecular formula is C16H22N4O4. The number of carbonyl (C=O) groups excluding carboxylic acids is 2. The zero-order chi connectivity index (χ0) is 18.2. The first-order chi connectivity index (χ1) is 11.3. The largest absolute Gasteiger partial charge is 0.467 e. The fraction of sp³-hybridized carbons (Fsp3) is 0.438. The van der Waals surface area contributed by atoms with Gasteiger partial charge in [-0.3, -0.25) is 9.69 Å². The highest BCUT2D eigenvalue weighted by Crippen LogP contribution is 2.11. The summed E-state index contributed by atoms with van der Waals surface area (Å²) in [6, 6.07) is 5.15. The molecule has 0 aromatic carbocycles. The van der Waals surface area contributed by atoms with Crippen LogP contribution in [0.5, 0.6) is 0 Å². The molecule has 1 aromatic rings. The number of rotatable bonds is 6. The summed E-state index contributed by atoms with van der Waals surface area (Å²) in [5.41, 5.74) is 4.53. The average molecular weight is 334 g/mol. The van der Waals surface area contributed by atoms with E-state index in [1.165, 1.54) is 6.26 Å². The number of furan rings is 1. The summed E-state index contributed by atoms with van der Waals surface area (Å²) in [4.78, 5) is 25.3. The van der Waals surface area contributed by atoms with Gasteiger partial charge < -0.3 is 20.2 Å². The van der Waals surface area contributed by atoms with E-state index in [9.17, 15) is 14.9 Å². The highest BCUT2D eigenvalue weighted by molar-refractivity contribution is 5.97. The van der Waals surface area contributed by atoms with Crippen molar-refractivity contribution in [2.45, 2.75) is 32.9 Å². The maximum absolute atomic E-state index is 12.1. The molecule has 0 unspecified atom stereocenters. The molecule has 2 amide bonds. The summed E-state index contributed by atoms with van der Waals surface area (Å²) >= 11 is 0. The zero-order valence-corrected chi connectivity index (χ0v) is 14.0. The lowest BCUT2D eigenvalue weighted by Gasteiger charge is -2.25. The van der Waals surface area contributed by atoms with Crippen LogP contribution in [0.3, 0.4) is 0 Å². The Bertz CT molecular complexity index is 623. The van der Waals surface area contributed by atoms with Gasteiger partial charge in [-0.1, -0.05) is 0 Å². The highest BCUT2D eigenvalue weighted by Gasteiger charge is 2.22. The molecule has 0 aliphatic heterocycles. The monoisotopic (exact) mass is 334 g/mol. The lowest BCUT2D eigenvalue weighted by atomic mass is 10.2. The van der Waals surface area contributed by atoms with Crippen LogP contribution >= 0.6 is 0 Å². The van der Waals surface area contributed by atoms with Gasteiger partial charge in [-0.15, -0.1) is 0 Å². The minimum absolute atomic E-state index is 0.117. The Labute approximate surface area is 140 Å². The molecule has 0 aliphatic carbocycles. The number of hydrogen-bond donors (Lipinski definition) is 2. The first kappa shape index (κ1) is 19.3. The van der Waals surface area contributed by atoms with E-state index in [0.717, 1.165) is 11.1 Å². The Morgan fingerprint density at radius 3 is 2.71 bits per heavy atom. The fourth-order valence-electron chi connectivity index (χ4n) is 1.64. The van der Waals surface area contributed by atoms with Crippen molar-refractivity contribution in [3.63, 3.8) is 0 Å². The van der Waals surface area contributed by atoms with Gasteiger partial charge in [0.2, 0.25) is 0 Å². The maximum Gasteiger partial charge on any atom is 0.414 e. The van der Waals surface area contributed by atoms with Crippen LogP contribution in [0, 0.1) is 11.3 Å². The van der Waals surface area contributed by atoms with Gasteiger partial charge in [-0.2, -0.15) is 5.26 Å². The molecule has 0 aliphatic rings. The maximum atomic E-state index is 12.1.